The van der Waals surface area contributed by atoms with Crippen molar-refractivity contribution in [3.63, 3.8) is 0 Å². The maximum absolute atomic E-state index is 5.53. The zero-order chi connectivity index (χ0) is 41.5. The molecule has 12 aromatic rings. The zero-order valence-corrected chi connectivity index (χ0v) is 34.1. The number of aromatic nitrogens is 5. The van der Waals surface area contributed by atoms with Gasteiger partial charge in [-0.2, -0.15) is 9.97 Å². The third-order valence-corrected chi connectivity index (χ3v) is 13.1. The SMILES string of the molecule is c1ccc(-c2nc(-c3ccc4c(c3)C(c3ccccc3)(c3ccccc3)c3ccccc3-4)nc(-n3c4ccccc4c4ccc5c(c6ccccc6n5-c5ccccc5)c43)n2)cc1. The highest BCUT2D eigenvalue weighted by molar-refractivity contribution is 6.26. The van der Waals surface area contributed by atoms with Crippen LogP contribution in [-0.4, -0.2) is 24.1 Å². The monoisotopic (exact) mass is 803 g/mol. The fourth-order valence-electron chi connectivity index (χ4n) is 10.5. The summed E-state index contributed by atoms with van der Waals surface area (Å²) in [5.41, 5.74) is 14.1. The first-order valence-electron chi connectivity index (χ1n) is 21.5. The van der Waals surface area contributed by atoms with Gasteiger partial charge in [0, 0.05) is 38.4 Å². The lowest BCUT2D eigenvalue weighted by Gasteiger charge is -2.34. The van der Waals surface area contributed by atoms with E-state index in [0.717, 1.165) is 55.0 Å². The third-order valence-electron chi connectivity index (χ3n) is 13.1. The van der Waals surface area contributed by atoms with E-state index in [1.165, 1.54) is 38.8 Å². The molecule has 1 aliphatic carbocycles. The maximum atomic E-state index is 5.53. The molecule has 0 amide bonds. The minimum Gasteiger partial charge on any atom is -0.309 e. The van der Waals surface area contributed by atoms with Gasteiger partial charge in [0.2, 0.25) is 5.95 Å². The summed E-state index contributed by atoms with van der Waals surface area (Å²) in [4.78, 5) is 16.2. The number of nitrogens with zero attached hydrogens (tertiary/aromatic N) is 5. The third kappa shape index (κ3) is 5.14. The van der Waals surface area contributed by atoms with Gasteiger partial charge in [0.1, 0.15) is 0 Å². The Bertz CT molecular complexity index is 3680. The van der Waals surface area contributed by atoms with Crippen LogP contribution in [-0.2, 0) is 5.41 Å². The molecule has 3 heterocycles. The van der Waals surface area contributed by atoms with Crippen molar-refractivity contribution in [1.29, 1.82) is 0 Å². The van der Waals surface area contributed by atoms with Crippen LogP contribution in [0, 0.1) is 0 Å². The average molecular weight is 804 g/mol. The van der Waals surface area contributed by atoms with E-state index >= 15 is 0 Å². The van der Waals surface area contributed by atoms with Gasteiger partial charge in [0.25, 0.3) is 0 Å². The van der Waals surface area contributed by atoms with E-state index < -0.39 is 5.41 Å². The predicted molar refractivity (Wildman–Crippen MR) is 257 cm³/mol. The van der Waals surface area contributed by atoms with Crippen molar-refractivity contribution in [2.24, 2.45) is 0 Å². The average Bonchev–Trinajstić information content (AvgIpc) is 3.99. The Labute approximate surface area is 363 Å². The van der Waals surface area contributed by atoms with E-state index in [-0.39, 0.29) is 0 Å². The van der Waals surface area contributed by atoms with Gasteiger partial charge in [-0.1, -0.05) is 188 Å². The molecule has 0 saturated heterocycles. The van der Waals surface area contributed by atoms with Crippen LogP contribution >= 0.6 is 0 Å². The number of hydrogen-bond donors (Lipinski definition) is 0. The van der Waals surface area contributed by atoms with Crippen LogP contribution in [0.3, 0.4) is 0 Å². The van der Waals surface area contributed by atoms with Crippen LogP contribution in [0.4, 0.5) is 0 Å². The largest absolute Gasteiger partial charge is 0.309 e. The topological polar surface area (TPSA) is 48.5 Å². The fraction of sp³-hybridized carbons (Fsp3) is 0.0172. The highest BCUT2D eigenvalue weighted by Crippen LogP contribution is 2.56. The summed E-state index contributed by atoms with van der Waals surface area (Å²) in [5, 5.41) is 4.60. The molecule has 0 spiro atoms. The Morgan fingerprint density at radius 2 is 0.905 bits per heavy atom. The first-order valence-corrected chi connectivity index (χ1v) is 21.5. The summed E-state index contributed by atoms with van der Waals surface area (Å²) >= 11 is 0. The molecule has 0 atom stereocenters. The Hall–Kier alpha value is -8.41. The second-order valence-electron chi connectivity index (χ2n) is 16.3. The smallest absolute Gasteiger partial charge is 0.238 e. The standard InChI is InChI=1S/C58H37N5/c1-5-19-38(20-6-1)55-59-56(39-33-34-44-43-27-13-16-30-48(43)58(49(44)37-39,40-21-7-2-8-22-40)41-23-9-3-10-24-41)61-57(60-55)63-50-31-17-14-28-45(50)46-35-36-52-53(54(46)63)47-29-15-18-32-51(47)62(52)42-25-11-4-12-26-42/h1-37H. The van der Waals surface area contributed by atoms with Gasteiger partial charge >= 0.3 is 0 Å². The van der Waals surface area contributed by atoms with Crippen molar-refractivity contribution in [3.8, 4) is 45.5 Å². The van der Waals surface area contributed by atoms with Crippen LogP contribution in [0.5, 0.6) is 0 Å². The van der Waals surface area contributed by atoms with Crippen molar-refractivity contribution in [2.75, 3.05) is 0 Å². The summed E-state index contributed by atoms with van der Waals surface area (Å²) in [5.74, 6) is 1.79. The van der Waals surface area contributed by atoms with Gasteiger partial charge in [-0.25, -0.2) is 4.98 Å². The van der Waals surface area contributed by atoms with E-state index in [1.807, 2.05) is 18.2 Å². The molecule has 0 N–H and O–H groups in total. The number of fused-ring (bicyclic) bond motifs is 10. The molecule has 1 aliphatic rings. The van der Waals surface area contributed by atoms with Crippen molar-refractivity contribution in [2.45, 2.75) is 5.41 Å². The quantitative estimate of drug-likeness (QED) is 0.168. The van der Waals surface area contributed by atoms with Crippen molar-refractivity contribution in [1.82, 2.24) is 24.1 Å². The van der Waals surface area contributed by atoms with Gasteiger partial charge in [-0.15, -0.1) is 0 Å². The number of rotatable bonds is 6. The molecule has 294 valence electrons. The molecule has 0 fully saturated rings. The second-order valence-corrected chi connectivity index (χ2v) is 16.3. The highest BCUT2D eigenvalue weighted by Gasteiger charge is 2.46. The molecule has 9 aromatic carbocycles. The Balaban J connectivity index is 1.12. The van der Waals surface area contributed by atoms with Gasteiger partial charge in [-0.05, 0) is 69.8 Å². The summed E-state index contributed by atoms with van der Waals surface area (Å²) in [7, 11) is 0. The molecule has 5 nitrogen and oxygen atoms in total. The van der Waals surface area contributed by atoms with Crippen molar-refractivity contribution in [3.05, 3.63) is 247 Å². The lowest BCUT2D eigenvalue weighted by atomic mass is 9.67. The molecular formula is C58H37N5. The lowest BCUT2D eigenvalue weighted by molar-refractivity contribution is 0.768. The number of para-hydroxylation sites is 3. The highest BCUT2D eigenvalue weighted by atomic mass is 15.2. The van der Waals surface area contributed by atoms with Gasteiger partial charge in [-0.3, -0.25) is 4.57 Å². The minimum atomic E-state index is -0.562. The predicted octanol–water partition coefficient (Wildman–Crippen LogP) is 13.8. The summed E-state index contributed by atoms with van der Waals surface area (Å²) in [6.45, 7) is 0. The summed E-state index contributed by atoms with van der Waals surface area (Å²) in [6, 6.07) is 80.2. The van der Waals surface area contributed by atoms with E-state index in [9.17, 15) is 0 Å². The van der Waals surface area contributed by atoms with E-state index in [4.69, 9.17) is 15.0 Å². The molecule has 0 aliphatic heterocycles. The Morgan fingerprint density at radius 3 is 1.62 bits per heavy atom. The molecule has 63 heavy (non-hydrogen) atoms. The summed E-state index contributed by atoms with van der Waals surface area (Å²) in [6.07, 6.45) is 0. The van der Waals surface area contributed by atoms with E-state index in [0.29, 0.717) is 17.6 Å². The normalized spacial score (nSPS) is 12.9. The molecule has 0 radical (unpaired) electrons. The number of benzene rings is 9. The van der Waals surface area contributed by atoms with Gasteiger partial charge < -0.3 is 4.57 Å². The van der Waals surface area contributed by atoms with Crippen LogP contribution in [0.25, 0.3) is 89.2 Å². The van der Waals surface area contributed by atoms with Crippen molar-refractivity contribution >= 4 is 43.6 Å². The fourth-order valence-corrected chi connectivity index (χ4v) is 10.5. The first-order chi connectivity index (χ1) is 31.3. The van der Waals surface area contributed by atoms with E-state index in [2.05, 4.69) is 215 Å². The molecule has 0 bridgehead atoms. The molecule has 0 saturated carbocycles. The zero-order valence-electron chi connectivity index (χ0n) is 34.1. The lowest BCUT2D eigenvalue weighted by Crippen LogP contribution is -2.28. The van der Waals surface area contributed by atoms with Crippen LogP contribution < -0.4 is 0 Å². The first kappa shape index (κ1) is 35.4. The van der Waals surface area contributed by atoms with Crippen molar-refractivity contribution < 1.29 is 0 Å². The second kappa shape index (κ2) is 13.8. The van der Waals surface area contributed by atoms with Gasteiger partial charge in [0.05, 0.1) is 27.5 Å². The summed E-state index contributed by atoms with van der Waals surface area (Å²) < 4.78 is 4.64. The number of hydrogen-bond acceptors (Lipinski definition) is 3. The maximum Gasteiger partial charge on any atom is 0.238 e. The Kier molecular flexibility index (Phi) is 7.75. The molecule has 13 rings (SSSR count). The van der Waals surface area contributed by atoms with Crippen LogP contribution in [0.1, 0.15) is 22.3 Å². The van der Waals surface area contributed by atoms with E-state index in [1.54, 1.807) is 0 Å². The molecule has 5 heteroatoms. The van der Waals surface area contributed by atoms with Gasteiger partial charge in [0.15, 0.2) is 11.6 Å². The molecular weight excluding hydrogens is 767 g/mol. The molecule has 0 unspecified atom stereocenters. The molecule has 3 aromatic heterocycles. The van der Waals surface area contributed by atoms with Crippen LogP contribution in [0.2, 0.25) is 0 Å². The minimum absolute atomic E-state index is 0.562. The Morgan fingerprint density at radius 1 is 0.349 bits per heavy atom. The van der Waals surface area contributed by atoms with Crippen LogP contribution in [0.15, 0.2) is 224 Å².